The van der Waals surface area contributed by atoms with Crippen LogP contribution in [0.3, 0.4) is 0 Å². The SMILES string of the molecule is CC(C)C(=O)N(CCCC(=O)O)Cc1ccccc1. The highest BCUT2D eigenvalue weighted by atomic mass is 16.4. The van der Waals surface area contributed by atoms with Crippen LogP contribution in [-0.4, -0.2) is 28.4 Å². The zero-order valence-corrected chi connectivity index (χ0v) is 11.5. The van der Waals surface area contributed by atoms with Crippen LogP contribution < -0.4 is 0 Å². The molecular formula is C15H21NO3. The van der Waals surface area contributed by atoms with E-state index in [-0.39, 0.29) is 18.2 Å². The summed E-state index contributed by atoms with van der Waals surface area (Å²) >= 11 is 0. The van der Waals surface area contributed by atoms with E-state index in [1.165, 1.54) is 0 Å². The van der Waals surface area contributed by atoms with Crippen LogP contribution >= 0.6 is 0 Å². The van der Waals surface area contributed by atoms with Crippen LogP contribution in [0.25, 0.3) is 0 Å². The van der Waals surface area contributed by atoms with E-state index >= 15 is 0 Å². The molecule has 0 bridgehead atoms. The van der Waals surface area contributed by atoms with E-state index in [1.54, 1.807) is 4.90 Å². The molecule has 19 heavy (non-hydrogen) atoms. The van der Waals surface area contributed by atoms with E-state index in [2.05, 4.69) is 0 Å². The van der Waals surface area contributed by atoms with Crippen LogP contribution in [0, 0.1) is 5.92 Å². The standard InChI is InChI=1S/C15H21NO3/c1-12(2)15(19)16(10-6-9-14(17)18)11-13-7-4-3-5-8-13/h3-5,7-8,12H,6,9-11H2,1-2H3,(H,17,18). The predicted octanol–water partition coefficient (Wildman–Crippen LogP) is 2.54. The summed E-state index contributed by atoms with van der Waals surface area (Å²) in [6.45, 7) is 4.74. The van der Waals surface area contributed by atoms with Gasteiger partial charge in [0, 0.05) is 25.4 Å². The number of hydrogen-bond donors (Lipinski definition) is 1. The molecule has 0 saturated carbocycles. The molecule has 0 aliphatic carbocycles. The highest BCUT2D eigenvalue weighted by Gasteiger charge is 2.17. The van der Waals surface area contributed by atoms with E-state index in [1.807, 2.05) is 44.2 Å². The van der Waals surface area contributed by atoms with Gasteiger partial charge in [-0.05, 0) is 12.0 Å². The average molecular weight is 263 g/mol. The molecule has 0 aromatic heterocycles. The second kappa shape index (κ2) is 7.56. The normalized spacial score (nSPS) is 10.5. The Morgan fingerprint density at radius 3 is 2.37 bits per heavy atom. The Kier molecular flexibility index (Phi) is 6.06. The summed E-state index contributed by atoms with van der Waals surface area (Å²) in [5.74, 6) is -0.834. The Bertz CT molecular complexity index is 415. The molecule has 0 unspecified atom stereocenters. The van der Waals surface area contributed by atoms with Crippen molar-refractivity contribution in [3.8, 4) is 0 Å². The van der Waals surface area contributed by atoms with Gasteiger partial charge in [-0.25, -0.2) is 0 Å². The third-order valence-electron chi connectivity index (χ3n) is 2.84. The molecule has 0 saturated heterocycles. The maximum absolute atomic E-state index is 12.1. The number of carbonyl (C=O) groups excluding carboxylic acids is 1. The highest BCUT2D eigenvalue weighted by molar-refractivity contribution is 5.78. The van der Waals surface area contributed by atoms with E-state index in [0.717, 1.165) is 5.56 Å². The second-order valence-corrected chi connectivity index (χ2v) is 4.90. The monoisotopic (exact) mass is 263 g/mol. The molecule has 1 N–H and O–H groups in total. The van der Waals surface area contributed by atoms with Crippen molar-refractivity contribution in [2.75, 3.05) is 6.54 Å². The van der Waals surface area contributed by atoms with Crippen molar-refractivity contribution >= 4 is 11.9 Å². The highest BCUT2D eigenvalue weighted by Crippen LogP contribution is 2.10. The summed E-state index contributed by atoms with van der Waals surface area (Å²) in [5.41, 5.74) is 1.06. The van der Waals surface area contributed by atoms with Gasteiger partial charge in [-0.2, -0.15) is 0 Å². The number of aliphatic carboxylic acids is 1. The zero-order chi connectivity index (χ0) is 14.3. The van der Waals surface area contributed by atoms with Gasteiger partial charge in [0.15, 0.2) is 0 Å². The van der Waals surface area contributed by atoms with Crippen molar-refractivity contribution in [1.82, 2.24) is 4.90 Å². The minimum absolute atomic E-state index is 0.0641. The number of nitrogens with zero attached hydrogens (tertiary/aromatic N) is 1. The fourth-order valence-electron chi connectivity index (χ4n) is 1.86. The third kappa shape index (κ3) is 5.55. The molecule has 0 aliphatic heterocycles. The van der Waals surface area contributed by atoms with Crippen LogP contribution in [0.15, 0.2) is 30.3 Å². The molecule has 1 aromatic rings. The van der Waals surface area contributed by atoms with Gasteiger partial charge in [0.2, 0.25) is 5.91 Å². The number of carboxylic acid groups (broad SMARTS) is 1. The van der Waals surface area contributed by atoms with Crippen LogP contribution in [0.4, 0.5) is 0 Å². The van der Waals surface area contributed by atoms with E-state index < -0.39 is 5.97 Å². The summed E-state index contributed by atoms with van der Waals surface area (Å²) < 4.78 is 0. The van der Waals surface area contributed by atoms with Crippen LogP contribution in [-0.2, 0) is 16.1 Å². The first kappa shape index (κ1) is 15.2. The first-order valence-corrected chi connectivity index (χ1v) is 6.55. The van der Waals surface area contributed by atoms with Crippen molar-refractivity contribution in [3.63, 3.8) is 0 Å². The summed E-state index contributed by atoms with van der Waals surface area (Å²) in [4.78, 5) is 24.4. The third-order valence-corrected chi connectivity index (χ3v) is 2.84. The lowest BCUT2D eigenvalue weighted by molar-refractivity contribution is -0.139. The van der Waals surface area contributed by atoms with Crippen molar-refractivity contribution < 1.29 is 14.7 Å². The van der Waals surface area contributed by atoms with Crippen LogP contribution in [0.5, 0.6) is 0 Å². The summed E-state index contributed by atoms with van der Waals surface area (Å²) in [6.07, 6.45) is 0.581. The number of carbonyl (C=O) groups is 2. The number of amides is 1. The van der Waals surface area contributed by atoms with Crippen LogP contribution in [0.2, 0.25) is 0 Å². The van der Waals surface area contributed by atoms with Crippen LogP contribution in [0.1, 0.15) is 32.3 Å². The van der Waals surface area contributed by atoms with Gasteiger partial charge in [0.05, 0.1) is 0 Å². The molecular weight excluding hydrogens is 242 g/mol. The molecule has 0 spiro atoms. The lowest BCUT2D eigenvalue weighted by atomic mass is 10.1. The number of benzene rings is 1. The average Bonchev–Trinajstić information content (AvgIpc) is 2.37. The molecule has 0 radical (unpaired) electrons. The maximum Gasteiger partial charge on any atom is 0.303 e. The van der Waals surface area contributed by atoms with Gasteiger partial charge in [-0.1, -0.05) is 44.2 Å². The Labute approximate surface area is 114 Å². The summed E-state index contributed by atoms with van der Waals surface area (Å²) in [6, 6.07) is 9.74. The van der Waals surface area contributed by atoms with Gasteiger partial charge in [0.25, 0.3) is 0 Å². The van der Waals surface area contributed by atoms with Gasteiger partial charge in [0.1, 0.15) is 0 Å². The molecule has 4 nitrogen and oxygen atoms in total. The number of hydrogen-bond acceptors (Lipinski definition) is 2. The molecule has 0 heterocycles. The number of carboxylic acids is 1. The minimum atomic E-state index is -0.823. The fourth-order valence-corrected chi connectivity index (χ4v) is 1.86. The van der Waals surface area contributed by atoms with Crippen molar-refractivity contribution in [2.45, 2.75) is 33.2 Å². The molecule has 0 atom stereocenters. The van der Waals surface area contributed by atoms with Gasteiger partial charge < -0.3 is 10.0 Å². The lowest BCUT2D eigenvalue weighted by Gasteiger charge is -2.24. The Balaban J connectivity index is 2.64. The Hall–Kier alpha value is -1.84. The molecule has 1 amide bonds. The first-order chi connectivity index (χ1) is 9.00. The van der Waals surface area contributed by atoms with Gasteiger partial charge in [-0.3, -0.25) is 9.59 Å². The van der Waals surface area contributed by atoms with Crippen molar-refractivity contribution in [2.24, 2.45) is 5.92 Å². The van der Waals surface area contributed by atoms with E-state index in [9.17, 15) is 9.59 Å². The lowest BCUT2D eigenvalue weighted by Crippen LogP contribution is -2.34. The smallest absolute Gasteiger partial charge is 0.303 e. The number of rotatable bonds is 7. The molecule has 0 fully saturated rings. The maximum atomic E-state index is 12.1. The minimum Gasteiger partial charge on any atom is -0.481 e. The van der Waals surface area contributed by atoms with Crippen molar-refractivity contribution in [3.05, 3.63) is 35.9 Å². The predicted molar refractivity (Wildman–Crippen MR) is 73.6 cm³/mol. The summed E-state index contributed by atoms with van der Waals surface area (Å²) in [7, 11) is 0. The fraction of sp³-hybridized carbons (Fsp3) is 0.467. The molecule has 104 valence electrons. The molecule has 0 aliphatic rings. The topological polar surface area (TPSA) is 57.6 Å². The molecule has 1 rings (SSSR count). The largest absolute Gasteiger partial charge is 0.481 e. The summed E-state index contributed by atoms with van der Waals surface area (Å²) in [5, 5.41) is 8.66. The zero-order valence-electron chi connectivity index (χ0n) is 11.5. The quantitative estimate of drug-likeness (QED) is 0.822. The molecule has 1 aromatic carbocycles. The van der Waals surface area contributed by atoms with E-state index in [0.29, 0.717) is 19.5 Å². The van der Waals surface area contributed by atoms with Crippen molar-refractivity contribution in [1.29, 1.82) is 0 Å². The van der Waals surface area contributed by atoms with Gasteiger partial charge in [-0.15, -0.1) is 0 Å². The molecule has 4 heteroatoms. The Morgan fingerprint density at radius 1 is 1.21 bits per heavy atom. The first-order valence-electron chi connectivity index (χ1n) is 6.55. The van der Waals surface area contributed by atoms with Gasteiger partial charge >= 0.3 is 5.97 Å². The van der Waals surface area contributed by atoms with E-state index in [4.69, 9.17) is 5.11 Å². The Morgan fingerprint density at radius 2 is 1.84 bits per heavy atom. The second-order valence-electron chi connectivity index (χ2n) is 4.90.